The molecule has 2 rings (SSSR count). The van der Waals surface area contributed by atoms with E-state index in [1.54, 1.807) is 12.1 Å². The van der Waals surface area contributed by atoms with E-state index in [4.69, 9.17) is 21.9 Å². The smallest absolute Gasteiger partial charge is 0.277 e. The molecule has 0 spiro atoms. The Morgan fingerprint density at radius 3 is 2.81 bits per heavy atom. The third-order valence-corrected chi connectivity index (χ3v) is 3.61. The minimum absolute atomic E-state index is 0. The van der Waals surface area contributed by atoms with Crippen LogP contribution in [0.25, 0.3) is 10.6 Å². The molecule has 0 bridgehead atoms. The number of amides is 1. The average Bonchev–Trinajstić information content (AvgIpc) is 3.04. The Kier molecular flexibility index (Phi) is 6.09. The van der Waals surface area contributed by atoms with Gasteiger partial charge in [-0.1, -0.05) is 16.8 Å². The highest BCUT2D eigenvalue weighted by Crippen LogP contribution is 2.31. The van der Waals surface area contributed by atoms with Crippen LogP contribution in [-0.4, -0.2) is 30.1 Å². The maximum atomic E-state index is 12.9. The molecular weight excluding hydrogens is 347 g/mol. The van der Waals surface area contributed by atoms with Crippen LogP contribution in [0.2, 0.25) is 4.34 Å². The fourth-order valence-electron chi connectivity index (χ4n) is 1.32. The Hall–Kier alpha value is -1.22. The van der Waals surface area contributed by atoms with Crippen molar-refractivity contribution < 1.29 is 18.1 Å². The van der Waals surface area contributed by atoms with Gasteiger partial charge in [0.2, 0.25) is 0 Å². The van der Waals surface area contributed by atoms with Gasteiger partial charge >= 0.3 is 0 Å². The summed E-state index contributed by atoms with van der Waals surface area (Å²) in [5.74, 6) is -3.56. The van der Waals surface area contributed by atoms with Crippen molar-refractivity contribution in [2.75, 3.05) is 13.1 Å². The van der Waals surface area contributed by atoms with Crippen molar-refractivity contribution in [2.24, 2.45) is 5.73 Å². The van der Waals surface area contributed by atoms with Crippen molar-refractivity contribution in [3.63, 3.8) is 0 Å². The van der Waals surface area contributed by atoms with Gasteiger partial charge in [-0.25, -0.2) is 8.78 Å². The summed E-state index contributed by atoms with van der Waals surface area (Å²) in [6.45, 7) is -1.69. The van der Waals surface area contributed by atoms with Crippen LogP contribution < -0.4 is 11.1 Å². The number of hydrogen-bond donors (Lipinski definition) is 2. The number of thiophene rings is 1. The van der Waals surface area contributed by atoms with Crippen molar-refractivity contribution in [2.45, 2.75) is 5.92 Å². The van der Waals surface area contributed by atoms with Gasteiger partial charge in [0.15, 0.2) is 11.5 Å². The number of alkyl halides is 2. The number of carbonyl (C=O) groups is 1. The Balaban J connectivity index is 0.00000220. The molecular formula is C11H11Cl2F2N3O2S. The highest BCUT2D eigenvalue weighted by molar-refractivity contribution is 7.19. The minimum atomic E-state index is -3.15. The molecule has 0 atom stereocenters. The topological polar surface area (TPSA) is 81.1 Å². The van der Waals surface area contributed by atoms with Crippen molar-refractivity contribution in [3.05, 3.63) is 28.2 Å². The molecule has 0 fully saturated rings. The van der Waals surface area contributed by atoms with Gasteiger partial charge in [-0.15, -0.1) is 23.7 Å². The number of nitrogens with one attached hydrogen (secondary N) is 1. The number of halogens is 4. The molecule has 116 valence electrons. The normalized spacial score (nSPS) is 11.0. The molecule has 0 radical (unpaired) electrons. The fourth-order valence-corrected chi connectivity index (χ4v) is 2.31. The average molecular weight is 358 g/mol. The minimum Gasteiger partial charge on any atom is -0.355 e. The predicted molar refractivity (Wildman–Crippen MR) is 78.4 cm³/mol. The zero-order chi connectivity index (χ0) is 14.8. The molecule has 10 heteroatoms. The third kappa shape index (κ3) is 4.63. The van der Waals surface area contributed by atoms with E-state index in [-0.39, 0.29) is 18.1 Å². The Bertz CT molecular complexity index is 618. The molecule has 0 unspecified atom stereocenters. The standard InChI is InChI=1S/C11H10ClF2N3O2S.ClH/c12-9-2-1-8(20-9)7-3-6(17-19-7)10(18)16-5-11(13,14)4-15;/h1-3H,4-5,15H2,(H,16,18);1H. The van der Waals surface area contributed by atoms with Crippen LogP contribution in [0.3, 0.4) is 0 Å². The molecule has 0 aliphatic rings. The summed E-state index contributed by atoms with van der Waals surface area (Å²) in [5, 5.41) is 5.57. The second-order valence-corrected chi connectivity index (χ2v) is 5.64. The summed E-state index contributed by atoms with van der Waals surface area (Å²) >= 11 is 7.03. The number of nitrogens with two attached hydrogens (primary N) is 1. The van der Waals surface area contributed by atoms with Crippen molar-refractivity contribution in [1.29, 1.82) is 0 Å². The Labute approximate surface area is 133 Å². The van der Waals surface area contributed by atoms with Gasteiger partial charge in [-0.3, -0.25) is 4.79 Å². The van der Waals surface area contributed by atoms with Crippen LogP contribution in [0.4, 0.5) is 8.78 Å². The van der Waals surface area contributed by atoms with E-state index in [9.17, 15) is 13.6 Å². The first-order valence-electron chi connectivity index (χ1n) is 5.50. The molecule has 2 aromatic heterocycles. The van der Waals surface area contributed by atoms with Crippen molar-refractivity contribution >= 4 is 41.3 Å². The van der Waals surface area contributed by atoms with Crippen LogP contribution in [0.15, 0.2) is 22.7 Å². The summed E-state index contributed by atoms with van der Waals surface area (Å²) in [4.78, 5) is 12.3. The van der Waals surface area contributed by atoms with Crippen LogP contribution in [0, 0.1) is 0 Å². The lowest BCUT2D eigenvalue weighted by Gasteiger charge is -2.13. The first-order chi connectivity index (χ1) is 9.41. The zero-order valence-corrected chi connectivity index (χ0v) is 12.8. The largest absolute Gasteiger partial charge is 0.355 e. The molecule has 1 amide bonds. The molecule has 0 aliphatic heterocycles. The number of nitrogens with zero attached hydrogens (tertiary/aromatic N) is 1. The van der Waals surface area contributed by atoms with E-state index < -0.39 is 24.9 Å². The molecule has 21 heavy (non-hydrogen) atoms. The first kappa shape index (κ1) is 17.8. The number of aromatic nitrogens is 1. The maximum Gasteiger partial charge on any atom is 0.277 e. The number of rotatable bonds is 5. The van der Waals surface area contributed by atoms with Gasteiger partial charge in [-0.05, 0) is 12.1 Å². The van der Waals surface area contributed by atoms with E-state index in [0.29, 0.717) is 15.0 Å². The van der Waals surface area contributed by atoms with E-state index in [2.05, 4.69) is 5.16 Å². The van der Waals surface area contributed by atoms with Gasteiger partial charge in [0.05, 0.1) is 22.3 Å². The van der Waals surface area contributed by atoms with Crippen LogP contribution in [0.1, 0.15) is 10.5 Å². The first-order valence-corrected chi connectivity index (χ1v) is 6.69. The molecule has 2 heterocycles. The van der Waals surface area contributed by atoms with E-state index in [0.717, 1.165) is 0 Å². The predicted octanol–water partition coefficient (Wildman–Crippen LogP) is 2.80. The summed E-state index contributed by atoms with van der Waals surface area (Å²) in [6, 6.07) is 4.74. The van der Waals surface area contributed by atoms with E-state index >= 15 is 0 Å². The Morgan fingerprint density at radius 2 is 2.24 bits per heavy atom. The van der Waals surface area contributed by atoms with E-state index in [1.807, 2.05) is 5.32 Å². The summed E-state index contributed by atoms with van der Waals surface area (Å²) in [7, 11) is 0. The van der Waals surface area contributed by atoms with Crippen LogP contribution in [-0.2, 0) is 0 Å². The fraction of sp³-hybridized carbons (Fsp3) is 0.273. The molecule has 2 aromatic rings. The molecule has 5 nitrogen and oxygen atoms in total. The number of carbonyl (C=O) groups excluding carboxylic acids is 1. The van der Waals surface area contributed by atoms with Crippen LogP contribution >= 0.6 is 35.3 Å². The molecule has 0 saturated carbocycles. The molecule has 3 N–H and O–H groups in total. The number of hydrogen-bond acceptors (Lipinski definition) is 5. The summed E-state index contributed by atoms with van der Waals surface area (Å²) in [5.41, 5.74) is 4.78. The van der Waals surface area contributed by atoms with Gasteiger partial charge < -0.3 is 15.6 Å². The summed E-state index contributed by atoms with van der Waals surface area (Å²) < 4.78 is 31.3. The van der Waals surface area contributed by atoms with E-state index in [1.165, 1.54) is 17.4 Å². The molecule has 0 aliphatic carbocycles. The van der Waals surface area contributed by atoms with Crippen molar-refractivity contribution in [1.82, 2.24) is 10.5 Å². The zero-order valence-electron chi connectivity index (χ0n) is 10.4. The molecule has 0 aromatic carbocycles. The van der Waals surface area contributed by atoms with Gasteiger partial charge in [0, 0.05) is 6.07 Å². The molecule has 0 saturated heterocycles. The highest BCUT2D eigenvalue weighted by Gasteiger charge is 2.28. The SMILES string of the molecule is Cl.NCC(F)(F)CNC(=O)c1cc(-c2ccc(Cl)s2)on1. The quantitative estimate of drug-likeness (QED) is 0.861. The third-order valence-electron chi connectivity index (χ3n) is 2.37. The van der Waals surface area contributed by atoms with Gasteiger partial charge in [0.1, 0.15) is 0 Å². The highest BCUT2D eigenvalue weighted by atomic mass is 35.5. The van der Waals surface area contributed by atoms with Crippen molar-refractivity contribution in [3.8, 4) is 10.6 Å². The lowest BCUT2D eigenvalue weighted by Crippen LogP contribution is -2.41. The maximum absolute atomic E-state index is 12.9. The van der Waals surface area contributed by atoms with Crippen LogP contribution in [0.5, 0.6) is 0 Å². The monoisotopic (exact) mass is 357 g/mol. The Morgan fingerprint density at radius 1 is 1.52 bits per heavy atom. The lowest BCUT2D eigenvalue weighted by molar-refractivity contribution is 0.0117. The summed E-state index contributed by atoms with van der Waals surface area (Å²) in [6.07, 6.45) is 0. The second kappa shape index (κ2) is 7.17. The second-order valence-electron chi connectivity index (χ2n) is 3.92. The van der Waals surface area contributed by atoms with Gasteiger partial charge in [-0.2, -0.15) is 0 Å². The lowest BCUT2D eigenvalue weighted by atomic mass is 10.3. The van der Waals surface area contributed by atoms with Gasteiger partial charge in [0.25, 0.3) is 11.8 Å².